The first-order valence-corrected chi connectivity index (χ1v) is 10.9. The van der Waals surface area contributed by atoms with Crippen LogP contribution in [0.1, 0.15) is 38.2 Å². The summed E-state index contributed by atoms with van der Waals surface area (Å²) in [5, 5.41) is 11.4. The molecule has 0 bridgehead atoms. The van der Waals surface area contributed by atoms with Crippen molar-refractivity contribution < 1.29 is 4.21 Å². The van der Waals surface area contributed by atoms with Crippen LogP contribution in [0.2, 0.25) is 0 Å². The highest BCUT2D eigenvalue weighted by atomic mass is 127. The van der Waals surface area contributed by atoms with Crippen molar-refractivity contribution in [1.29, 1.82) is 0 Å². The molecule has 1 fully saturated rings. The van der Waals surface area contributed by atoms with Gasteiger partial charge in [-0.2, -0.15) is 5.10 Å². The lowest BCUT2D eigenvalue weighted by molar-refractivity contribution is 0.413. The Hall–Kier alpha value is -1.49. The lowest BCUT2D eigenvalue weighted by Crippen LogP contribution is -2.46. The van der Waals surface area contributed by atoms with Gasteiger partial charge < -0.3 is 10.6 Å². The van der Waals surface area contributed by atoms with Gasteiger partial charge in [0.2, 0.25) is 0 Å². The highest BCUT2D eigenvalue weighted by Gasteiger charge is 2.26. The quantitative estimate of drug-likeness (QED) is 0.351. The van der Waals surface area contributed by atoms with E-state index in [4.69, 9.17) is 0 Å². The average molecular weight is 516 g/mol. The van der Waals surface area contributed by atoms with Gasteiger partial charge in [-0.3, -0.25) is 9.20 Å². The topological polar surface area (TPSA) is 84.2 Å². The molecule has 3 unspecified atom stereocenters. The van der Waals surface area contributed by atoms with E-state index < -0.39 is 10.8 Å². The molecule has 2 N–H and O–H groups in total. The number of nitrogens with one attached hydrogen (secondary N) is 2. The lowest BCUT2D eigenvalue weighted by Gasteiger charge is -2.30. The zero-order valence-corrected chi connectivity index (χ0v) is 19.5. The normalized spacial score (nSPS) is 20.9. The fraction of sp³-hybridized carbons (Fsp3) is 0.526. The lowest BCUT2D eigenvalue weighted by atomic mass is 9.95. The number of aliphatic imine (C=N–C) groups is 1. The van der Waals surface area contributed by atoms with E-state index >= 15 is 0 Å². The van der Waals surface area contributed by atoms with Crippen LogP contribution in [0, 0.1) is 0 Å². The molecule has 1 aliphatic carbocycles. The van der Waals surface area contributed by atoms with E-state index in [1.54, 1.807) is 24.1 Å². The van der Waals surface area contributed by atoms with Gasteiger partial charge in [0.1, 0.15) is 0 Å². The number of hydrogen-bond acceptors (Lipinski definition) is 4. The molecule has 9 heteroatoms. The number of pyridine rings is 1. The van der Waals surface area contributed by atoms with Crippen molar-refractivity contribution in [2.24, 2.45) is 4.99 Å². The number of hydrogen-bond donors (Lipinski definition) is 2. The van der Waals surface area contributed by atoms with Gasteiger partial charge in [0.05, 0.1) is 0 Å². The van der Waals surface area contributed by atoms with Crippen molar-refractivity contribution in [2.45, 2.75) is 50.4 Å². The number of halogens is 1. The molecule has 3 atom stereocenters. The summed E-state index contributed by atoms with van der Waals surface area (Å²) in [4.78, 5) is 8.70. The van der Waals surface area contributed by atoms with Crippen LogP contribution < -0.4 is 10.6 Å². The summed E-state index contributed by atoms with van der Waals surface area (Å²) in [6.07, 6.45) is 9.62. The predicted octanol–water partition coefficient (Wildman–Crippen LogP) is 2.63. The van der Waals surface area contributed by atoms with Crippen LogP contribution in [0.25, 0.3) is 5.82 Å². The summed E-state index contributed by atoms with van der Waals surface area (Å²) >= 11 is 0. The summed E-state index contributed by atoms with van der Waals surface area (Å²) in [5.74, 6) is 2.31. The highest BCUT2D eigenvalue weighted by Crippen LogP contribution is 2.23. The smallest absolute Gasteiger partial charge is 0.191 e. The molecule has 7 nitrogen and oxygen atoms in total. The maximum Gasteiger partial charge on any atom is 0.191 e. The van der Waals surface area contributed by atoms with E-state index in [2.05, 4.69) is 25.7 Å². The number of rotatable bonds is 6. The second-order valence-corrected chi connectivity index (χ2v) is 8.70. The Morgan fingerprint density at radius 2 is 2.25 bits per heavy atom. The second-order valence-electron chi connectivity index (χ2n) is 6.70. The Kier molecular flexibility index (Phi) is 9.36. The third-order valence-corrected chi connectivity index (χ3v) is 6.60. The summed E-state index contributed by atoms with van der Waals surface area (Å²) in [7, 11) is 1.06. The molecule has 0 aliphatic heterocycles. The molecular weight excluding hydrogens is 487 g/mol. The Morgan fingerprint density at radius 3 is 2.96 bits per heavy atom. The van der Waals surface area contributed by atoms with Crippen molar-refractivity contribution in [2.75, 3.05) is 12.8 Å². The highest BCUT2D eigenvalue weighted by molar-refractivity contribution is 14.0. The molecule has 0 aromatic carbocycles. The molecule has 154 valence electrons. The maximum atomic E-state index is 12.1. The number of aromatic nitrogens is 3. The van der Waals surface area contributed by atoms with Gasteiger partial charge in [0, 0.05) is 60.0 Å². The van der Waals surface area contributed by atoms with Gasteiger partial charge in [-0.15, -0.1) is 24.0 Å². The zero-order chi connectivity index (χ0) is 19.1. The van der Waals surface area contributed by atoms with E-state index in [1.165, 1.54) is 0 Å². The van der Waals surface area contributed by atoms with Crippen molar-refractivity contribution in [3.8, 4) is 5.82 Å². The molecule has 0 amide bonds. The van der Waals surface area contributed by atoms with E-state index in [-0.39, 0.29) is 24.0 Å². The van der Waals surface area contributed by atoms with E-state index in [1.807, 2.05) is 31.3 Å². The molecule has 2 aromatic rings. The Morgan fingerprint density at radius 1 is 1.39 bits per heavy atom. The van der Waals surface area contributed by atoms with Crippen LogP contribution in [0.5, 0.6) is 0 Å². The van der Waals surface area contributed by atoms with Crippen molar-refractivity contribution in [1.82, 2.24) is 25.4 Å². The van der Waals surface area contributed by atoms with Crippen LogP contribution in [-0.2, 0) is 17.3 Å². The summed E-state index contributed by atoms with van der Waals surface area (Å²) in [6.45, 7) is 2.65. The minimum atomic E-state index is -0.717. The van der Waals surface area contributed by atoms with Gasteiger partial charge in [-0.25, -0.2) is 9.67 Å². The summed E-state index contributed by atoms with van der Waals surface area (Å²) in [5.41, 5.74) is 1.10. The maximum absolute atomic E-state index is 12.1. The minimum Gasteiger partial charge on any atom is -0.354 e. The molecule has 0 saturated heterocycles. The van der Waals surface area contributed by atoms with Crippen molar-refractivity contribution in [3.63, 3.8) is 0 Å². The van der Waals surface area contributed by atoms with Crippen LogP contribution in [0.4, 0.5) is 0 Å². The van der Waals surface area contributed by atoms with Crippen molar-refractivity contribution in [3.05, 3.63) is 42.4 Å². The zero-order valence-electron chi connectivity index (χ0n) is 16.4. The van der Waals surface area contributed by atoms with Gasteiger partial charge in [-0.05, 0) is 43.0 Å². The molecule has 2 heterocycles. The molecule has 2 aromatic heterocycles. The van der Waals surface area contributed by atoms with Gasteiger partial charge in [0.15, 0.2) is 11.8 Å². The number of guanidine groups is 1. The SMILES string of the molecule is CCS(=O)C1CCCC(NC(=NC)NCc2ccnc(-n3cccn3)c2)C1.I. The Labute approximate surface area is 186 Å². The largest absolute Gasteiger partial charge is 0.354 e. The third kappa shape index (κ3) is 6.26. The van der Waals surface area contributed by atoms with Gasteiger partial charge in [-0.1, -0.05) is 13.3 Å². The molecule has 3 rings (SSSR count). The van der Waals surface area contributed by atoms with Crippen LogP contribution in [0.15, 0.2) is 41.8 Å². The summed E-state index contributed by atoms with van der Waals surface area (Å²) < 4.78 is 13.9. The molecular formula is C19H29IN6OS. The average Bonchev–Trinajstić information content (AvgIpc) is 3.26. The van der Waals surface area contributed by atoms with Crippen LogP contribution in [0.3, 0.4) is 0 Å². The van der Waals surface area contributed by atoms with Crippen LogP contribution in [-0.4, -0.2) is 49.0 Å². The summed E-state index contributed by atoms with van der Waals surface area (Å²) in [6, 6.07) is 6.19. The van der Waals surface area contributed by atoms with Crippen LogP contribution >= 0.6 is 24.0 Å². The van der Waals surface area contributed by atoms with E-state index in [0.29, 0.717) is 17.8 Å². The molecule has 1 aliphatic rings. The molecule has 0 radical (unpaired) electrons. The Bertz CT molecular complexity index is 782. The van der Waals surface area contributed by atoms with Gasteiger partial charge >= 0.3 is 0 Å². The van der Waals surface area contributed by atoms with E-state index in [0.717, 1.165) is 48.8 Å². The van der Waals surface area contributed by atoms with Crippen molar-refractivity contribution >= 4 is 40.7 Å². The fourth-order valence-electron chi connectivity index (χ4n) is 3.42. The minimum absolute atomic E-state index is 0. The monoisotopic (exact) mass is 516 g/mol. The first kappa shape index (κ1) is 22.8. The van der Waals surface area contributed by atoms with E-state index in [9.17, 15) is 4.21 Å². The molecule has 28 heavy (non-hydrogen) atoms. The third-order valence-electron chi connectivity index (χ3n) is 4.86. The molecule has 1 saturated carbocycles. The fourth-order valence-corrected chi connectivity index (χ4v) is 4.77. The predicted molar refractivity (Wildman–Crippen MR) is 125 cm³/mol. The van der Waals surface area contributed by atoms with Gasteiger partial charge in [0.25, 0.3) is 0 Å². The Balaban J connectivity index is 0.00000280. The number of nitrogens with zero attached hydrogens (tertiary/aromatic N) is 4. The second kappa shape index (κ2) is 11.5. The molecule has 0 spiro atoms. The first-order valence-electron chi connectivity index (χ1n) is 9.49. The standard InChI is InChI=1S/C19H28N6OS.HI/c1-3-27(26)17-7-4-6-16(13-17)24-19(20-2)22-14-15-8-10-21-18(12-15)25-11-5-9-23-25;/h5,8-12,16-17H,3-4,6-7,13-14H2,1-2H3,(H2,20,22,24);1H. The first-order chi connectivity index (χ1) is 13.2.